The number of carbonyl (C=O) groups is 2. The van der Waals surface area contributed by atoms with Crippen LogP contribution in [-0.2, 0) is 9.59 Å². The number of rotatable bonds is 3. The lowest BCUT2D eigenvalue weighted by atomic mass is 10.1. The smallest absolute Gasteiger partial charge is 0.246 e. The quantitative estimate of drug-likeness (QED) is 0.800. The van der Waals surface area contributed by atoms with E-state index in [-0.39, 0.29) is 24.3 Å². The number of aromatic nitrogens is 1. The molecule has 1 fully saturated rings. The van der Waals surface area contributed by atoms with Gasteiger partial charge in [-0.1, -0.05) is 0 Å². The molecule has 1 saturated heterocycles. The van der Waals surface area contributed by atoms with Crippen LogP contribution < -0.4 is 5.32 Å². The first kappa shape index (κ1) is 12.6. The Balaban J connectivity index is 2.06. The summed E-state index contributed by atoms with van der Waals surface area (Å²) in [6, 6.07) is 0.567. The number of likely N-dealkylation sites (N-methyl/N-ethyl adjacent to an activating group) is 1. The first-order valence-corrected chi connectivity index (χ1v) is 5.66. The Morgan fingerprint density at radius 1 is 1.50 bits per heavy atom. The van der Waals surface area contributed by atoms with Gasteiger partial charge in [0.2, 0.25) is 11.8 Å². The highest BCUT2D eigenvalue weighted by atomic mass is 19.1. The Labute approximate surface area is 104 Å². The summed E-state index contributed by atoms with van der Waals surface area (Å²) < 4.78 is 13.0. The molecule has 1 aromatic heterocycles. The summed E-state index contributed by atoms with van der Waals surface area (Å²) in [5.74, 6) is -0.884. The molecule has 6 heteroatoms. The largest absolute Gasteiger partial charge is 0.299 e. The van der Waals surface area contributed by atoms with Crippen LogP contribution in [0, 0.1) is 5.82 Å². The molecule has 5 nitrogen and oxygen atoms in total. The average molecular weight is 251 g/mol. The van der Waals surface area contributed by atoms with E-state index in [2.05, 4.69) is 10.3 Å². The van der Waals surface area contributed by atoms with Crippen molar-refractivity contribution in [2.45, 2.75) is 25.4 Å². The minimum Gasteiger partial charge on any atom is -0.299 e. The standard InChI is InChI=1S/C12H14FN3O2/c1-7(8-3-9(13)6-14-5-8)15-10-4-11(17)16(2)12(10)18/h3,5-7,10,15H,4H2,1-2H3. The Bertz CT molecular complexity index is 492. The lowest BCUT2D eigenvalue weighted by Crippen LogP contribution is -2.38. The Morgan fingerprint density at radius 3 is 2.78 bits per heavy atom. The van der Waals surface area contributed by atoms with Gasteiger partial charge in [-0.05, 0) is 18.6 Å². The van der Waals surface area contributed by atoms with Gasteiger partial charge in [0.15, 0.2) is 0 Å². The molecule has 1 aromatic rings. The molecule has 18 heavy (non-hydrogen) atoms. The van der Waals surface area contributed by atoms with E-state index in [4.69, 9.17) is 0 Å². The Kier molecular flexibility index (Phi) is 3.38. The lowest BCUT2D eigenvalue weighted by molar-refractivity contribution is -0.137. The zero-order valence-corrected chi connectivity index (χ0v) is 10.2. The maximum absolute atomic E-state index is 13.0. The van der Waals surface area contributed by atoms with Crippen molar-refractivity contribution < 1.29 is 14.0 Å². The van der Waals surface area contributed by atoms with Gasteiger partial charge in [0, 0.05) is 19.3 Å². The van der Waals surface area contributed by atoms with Crippen molar-refractivity contribution in [2.75, 3.05) is 7.05 Å². The fourth-order valence-corrected chi connectivity index (χ4v) is 1.95. The predicted octanol–water partition coefficient (Wildman–Crippen LogP) is 0.629. The second kappa shape index (κ2) is 4.81. The summed E-state index contributed by atoms with van der Waals surface area (Å²) in [4.78, 5) is 27.9. The Hall–Kier alpha value is -1.82. The van der Waals surface area contributed by atoms with Crippen LogP contribution in [0.15, 0.2) is 18.5 Å². The molecule has 1 aliphatic heterocycles. The number of hydrogen-bond donors (Lipinski definition) is 1. The summed E-state index contributed by atoms with van der Waals surface area (Å²) in [5, 5.41) is 3.01. The number of carbonyl (C=O) groups excluding carboxylic acids is 2. The fraction of sp³-hybridized carbons (Fsp3) is 0.417. The lowest BCUT2D eigenvalue weighted by Gasteiger charge is -2.17. The molecule has 2 amide bonds. The molecule has 1 aliphatic rings. The van der Waals surface area contributed by atoms with E-state index in [1.165, 1.54) is 19.3 Å². The molecule has 2 rings (SSSR count). The van der Waals surface area contributed by atoms with E-state index in [9.17, 15) is 14.0 Å². The second-order valence-electron chi connectivity index (χ2n) is 4.37. The summed E-state index contributed by atoms with van der Waals surface area (Å²) >= 11 is 0. The minimum atomic E-state index is -0.541. The van der Waals surface area contributed by atoms with Crippen molar-refractivity contribution in [1.82, 2.24) is 15.2 Å². The third-order valence-corrected chi connectivity index (χ3v) is 3.06. The van der Waals surface area contributed by atoms with Crippen LogP contribution in [-0.4, -0.2) is 34.8 Å². The molecule has 0 bridgehead atoms. The molecular weight excluding hydrogens is 237 g/mol. The third kappa shape index (κ3) is 2.38. The molecule has 0 radical (unpaired) electrons. The van der Waals surface area contributed by atoms with Gasteiger partial charge in [-0.3, -0.25) is 24.8 Å². The van der Waals surface area contributed by atoms with E-state index in [0.717, 1.165) is 11.1 Å². The van der Waals surface area contributed by atoms with Gasteiger partial charge in [-0.15, -0.1) is 0 Å². The molecule has 0 spiro atoms. The molecule has 96 valence electrons. The van der Waals surface area contributed by atoms with Gasteiger partial charge in [0.05, 0.1) is 18.7 Å². The monoisotopic (exact) mass is 251 g/mol. The molecule has 2 atom stereocenters. The van der Waals surface area contributed by atoms with Gasteiger partial charge in [0.1, 0.15) is 5.82 Å². The van der Waals surface area contributed by atoms with Gasteiger partial charge in [0.25, 0.3) is 0 Å². The third-order valence-electron chi connectivity index (χ3n) is 3.06. The normalized spacial score (nSPS) is 21.5. The molecule has 2 heterocycles. The number of nitrogens with zero attached hydrogens (tertiary/aromatic N) is 2. The number of hydrogen-bond acceptors (Lipinski definition) is 4. The number of nitrogens with one attached hydrogen (secondary N) is 1. The molecule has 0 aliphatic carbocycles. The van der Waals surface area contributed by atoms with Crippen molar-refractivity contribution in [1.29, 1.82) is 0 Å². The highest BCUT2D eigenvalue weighted by molar-refractivity contribution is 6.05. The van der Waals surface area contributed by atoms with Crippen molar-refractivity contribution in [3.8, 4) is 0 Å². The maximum Gasteiger partial charge on any atom is 0.246 e. The highest BCUT2D eigenvalue weighted by Gasteiger charge is 2.36. The molecule has 2 unspecified atom stereocenters. The number of imide groups is 1. The van der Waals surface area contributed by atoms with Crippen LogP contribution in [0.4, 0.5) is 4.39 Å². The van der Waals surface area contributed by atoms with Crippen LogP contribution in [0.3, 0.4) is 0 Å². The van der Waals surface area contributed by atoms with Gasteiger partial charge < -0.3 is 0 Å². The first-order valence-electron chi connectivity index (χ1n) is 5.66. The summed E-state index contributed by atoms with van der Waals surface area (Å²) in [5.41, 5.74) is 0.643. The van der Waals surface area contributed by atoms with Gasteiger partial charge in [-0.25, -0.2) is 4.39 Å². The number of pyridine rings is 1. The topological polar surface area (TPSA) is 62.3 Å². The van der Waals surface area contributed by atoms with Crippen molar-refractivity contribution >= 4 is 11.8 Å². The average Bonchev–Trinajstić information content (AvgIpc) is 2.57. The van der Waals surface area contributed by atoms with Crippen LogP contribution >= 0.6 is 0 Å². The number of halogens is 1. The summed E-state index contributed by atoms with van der Waals surface area (Å²) in [6.45, 7) is 1.80. The van der Waals surface area contributed by atoms with Crippen LogP contribution in [0.5, 0.6) is 0 Å². The summed E-state index contributed by atoms with van der Waals surface area (Å²) in [7, 11) is 1.46. The zero-order chi connectivity index (χ0) is 13.3. The summed E-state index contributed by atoms with van der Waals surface area (Å²) in [6.07, 6.45) is 2.79. The number of likely N-dealkylation sites (tertiary alicyclic amines) is 1. The van der Waals surface area contributed by atoms with Gasteiger partial charge >= 0.3 is 0 Å². The first-order chi connectivity index (χ1) is 8.49. The number of amides is 2. The van der Waals surface area contributed by atoms with Gasteiger partial charge in [-0.2, -0.15) is 0 Å². The SMILES string of the molecule is CC(NC1CC(=O)N(C)C1=O)c1cncc(F)c1. The van der Waals surface area contributed by atoms with Crippen LogP contribution in [0.1, 0.15) is 24.9 Å². The minimum absolute atomic E-state index is 0.141. The second-order valence-corrected chi connectivity index (χ2v) is 4.37. The molecule has 0 saturated carbocycles. The van der Waals surface area contributed by atoms with E-state index in [0.29, 0.717) is 5.56 Å². The Morgan fingerprint density at radius 2 is 2.22 bits per heavy atom. The van der Waals surface area contributed by atoms with E-state index < -0.39 is 11.9 Å². The highest BCUT2D eigenvalue weighted by Crippen LogP contribution is 2.17. The zero-order valence-electron chi connectivity index (χ0n) is 10.2. The van der Waals surface area contributed by atoms with E-state index in [1.807, 2.05) is 0 Å². The van der Waals surface area contributed by atoms with Crippen molar-refractivity contribution in [3.63, 3.8) is 0 Å². The molecular formula is C12H14FN3O2. The molecule has 1 N–H and O–H groups in total. The van der Waals surface area contributed by atoms with Crippen LogP contribution in [0.25, 0.3) is 0 Å². The van der Waals surface area contributed by atoms with E-state index >= 15 is 0 Å². The predicted molar refractivity (Wildman–Crippen MR) is 61.9 cm³/mol. The van der Waals surface area contributed by atoms with Crippen LogP contribution in [0.2, 0.25) is 0 Å². The van der Waals surface area contributed by atoms with Crippen molar-refractivity contribution in [3.05, 3.63) is 29.8 Å². The van der Waals surface area contributed by atoms with E-state index in [1.54, 1.807) is 6.92 Å². The van der Waals surface area contributed by atoms with Crippen molar-refractivity contribution in [2.24, 2.45) is 0 Å². The molecule has 0 aromatic carbocycles. The maximum atomic E-state index is 13.0. The fourth-order valence-electron chi connectivity index (χ4n) is 1.95.